The van der Waals surface area contributed by atoms with Gasteiger partial charge in [-0.05, 0) is 60.7 Å². The van der Waals surface area contributed by atoms with E-state index in [0.29, 0.717) is 10.8 Å². The standard InChI is InChI=1S/C27H28ClN5O2/c1-31-25-5-3-2-4-24(25)30-26(31)18-32-14-16-33(17-15-32)22-10-8-21(9-11-22)29-27(34)19-35-23-12-6-20(28)7-13-23/h2-13H,14-19H2,1H3,(H,29,34). The van der Waals surface area contributed by atoms with Crippen LogP contribution in [-0.2, 0) is 18.4 Å². The summed E-state index contributed by atoms with van der Waals surface area (Å²) in [6, 6.07) is 23.2. The summed E-state index contributed by atoms with van der Waals surface area (Å²) < 4.78 is 7.69. The molecule has 0 aliphatic carbocycles. The zero-order chi connectivity index (χ0) is 24.2. The summed E-state index contributed by atoms with van der Waals surface area (Å²) in [6.45, 7) is 4.64. The highest BCUT2D eigenvalue weighted by atomic mass is 35.5. The fourth-order valence-corrected chi connectivity index (χ4v) is 4.46. The lowest BCUT2D eigenvalue weighted by Gasteiger charge is -2.36. The van der Waals surface area contributed by atoms with E-state index >= 15 is 0 Å². The van der Waals surface area contributed by atoms with Crippen LogP contribution in [0, 0.1) is 0 Å². The van der Waals surface area contributed by atoms with E-state index in [4.69, 9.17) is 21.3 Å². The maximum absolute atomic E-state index is 12.2. The van der Waals surface area contributed by atoms with Gasteiger partial charge < -0.3 is 19.5 Å². The average Bonchev–Trinajstić information content (AvgIpc) is 3.20. The van der Waals surface area contributed by atoms with E-state index in [1.165, 1.54) is 5.52 Å². The van der Waals surface area contributed by atoms with Gasteiger partial charge in [-0.2, -0.15) is 0 Å². The number of imidazole rings is 1. The summed E-state index contributed by atoms with van der Waals surface area (Å²) in [7, 11) is 2.09. The first-order chi connectivity index (χ1) is 17.0. The Morgan fingerprint density at radius 2 is 1.69 bits per heavy atom. The number of aryl methyl sites for hydroxylation is 1. The van der Waals surface area contributed by atoms with Gasteiger partial charge in [0.1, 0.15) is 11.6 Å². The van der Waals surface area contributed by atoms with Crippen molar-refractivity contribution >= 4 is 39.9 Å². The maximum Gasteiger partial charge on any atom is 0.262 e. The molecule has 2 heterocycles. The molecule has 1 aliphatic rings. The van der Waals surface area contributed by atoms with Crippen molar-refractivity contribution in [3.63, 3.8) is 0 Å². The molecule has 7 nitrogen and oxygen atoms in total. The van der Waals surface area contributed by atoms with Crippen molar-refractivity contribution < 1.29 is 9.53 Å². The molecule has 1 amide bonds. The van der Waals surface area contributed by atoms with Crippen molar-refractivity contribution in [2.45, 2.75) is 6.54 Å². The van der Waals surface area contributed by atoms with E-state index in [9.17, 15) is 4.79 Å². The van der Waals surface area contributed by atoms with Gasteiger partial charge >= 0.3 is 0 Å². The lowest BCUT2D eigenvalue weighted by atomic mass is 10.2. The minimum Gasteiger partial charge on any atom is -0.484 e. The third-order valence-corrected chi connectivity index (χ3v) is 6.57. The zero-order valence-electron chi connectivity index (χ0n) is 19.7. The fraction of sp³-hybridized carbons (Fsp3) is 0.259. The monoisotopic (exact) mass is 489 g/mol. The molecular weight excluding hydrogens is 462 g/mol. The highest BCUT2D eigenvalue weighted by Gasteiger charge is 2.19. The number of nitrogens with zero attached hydrogens (tertiary/aromatic N) is 4. The Bertz CT molecular complexity index is 1300. The minimum atomic E-state index is -0.205. The number of carbonyl (C=O) groups excluding carboxylic acids is 1. The summed E-state index contributed by atoms with van der Waals surface area (Å²) >= 11 is 5.87. The van der Waals surface area contributed by atoms with Gasteiger partial charge in [-0.25, -0.2) is 4.98 Å². The number of para-hydroxylation sites is 2. The van der Waals surface area contributed by atoms with E-state index in [1.807, 2.05) is 18.2 Å². The van der Waals surface area contributed by atoms with Gasteiger partial charge in [0.15, 0.2) is 6.61 Å². The van der Waals surface area contributed by atoms with Crippen LogP contribution in [0.2, 0.25) is 5.02 Å². The lowest BCUT2D eigenvalue weighted by Crippen LogP contribution is -2.46. The molecule has 1 aromatic heterocycles. The van der Waals surface area contributed by atoms with Gasteiger partial charge in [-0.3, -0.25) is 9.69 Å². The van der Waals surface area contributed by atoms with Gasteiger partial charge in [-0.15, -0.1) is 0 Å². The highest BCUT2D eigenvalue weighted by Crippen LogP contribution is 2.21. The predicted molar refractivity (Wildman–Crippen MR) is 140 cm³/mol. The number of ether oxygens (including phenoxy) is 1. The number of piperazine rings is 1. The van der Waals surface area contributed by atoms with Crippen molar-refractivity contribution in [2.75, 3.05) is 43.0 Å². The first-order valence-corrected chi connectivity index (χ1v) is 12.1. The summed E-state index contributed by atoms with van der Waals surface area (Å²) in [6.07, 6.45) is 0. The molecule has 0 atom stereocenters. The molecule has 0 saturated carbocycles. The van der Waals surface area contributed by atoms with Crippen LogP contribution in [0.15, 0.2) is 72.8 Å². The quantitative estimate of drug-likeness (QED) is 0.412. The van der Waals surface area contributed by atoms with E-state index in [-0.39, 0.29) is 12.5 Å². The molecule has 180 valence electrons. The first-order valence-electron chi connectivity index (χ1n) is 11.7. The van der Waals surface area contributed by atoms with Crippen LogP contribution in [0.1, 0.15) is 5.82 Å². The number of hydrogen-bond donors (Lipinski definition) is 1. The molecule has 3 aromatic carbocycles. The number of benzene rings is 3. The third kappa shape index (κ3) is 5.58. The van der Waals surface area contributed by atoms with Crippen LogP contribution in [0.3, 0.4) is 0 Å². The number of amides is 1. The number of carbonyl (C=O) groups is 1. The summed E-state index contributed by atoms with van der Waals surface area (Å²) in [5.74, 6) is 1.50. The molecule has 35 heavy (non-hydrogen) atoms. The Labute approximate surface area is 209 Å². The van der Waals surface area contributed by atoms with Crippen LogP contribution in [-0.4, -0.2) is 53.1 Å². The van der Waals surface area contributed by atoms with Crippen molar-refractivity contribution in [3.8, 4) is 5.75 Å². The largest absolute Gasteiger partial charge is 0.484 e. The number of rotatable bonds is 7. The average molecular weight is 490 g/mol. The predicted octanol–water partition coefficient (Wildman–Crippen LogP) is 4.57. The minimum absolute atomic E-state index is 0.0586. The van der Waals surface area contributed by atoms with E-state index < -0.39 is 0 Å². The Morgan fingerprint density at radius 1 is 0.971 bits per heavy atom. The number of nitrogens with one attached hydrogen (secondary N) is 1. The van der Waals surface area contributed by atoms with Crippen LogP contribution < -0.4 is 15.0 Å². The van der Waals surface area contributed by atoms with Gasteiger partial charge in [-0.1, -0.05) is 23.7 Å². The number of hydrogen-bond acceptors (Lipinski definition) is 5. The van der Waals surface area contributed by atoms with E-state index in [1.54, 1.807) is 24.3 Å². The molecule has 1 N–H and O–H groups in total. The van der Waals surface area contributed by atoms with Crippen LogP contribution in [0.4, 0.5) is 11.4 Å². The topological polar surface area (TPSA) is 62.6 Å². The van der Waals surface area contributed by atoms with Gasteiger partial charge in [0.05, 0.1) is 17.6 Å². The fourth-order valence-electron chi connectivity index (χ4n) is 4.33. The third-order valence-electron chi connectivity index (χ3n) is 6.32. The van der Waals surface area contributed by atoms with Gasteiger partial charge in [0, 0.05) is 49.6 Å². The summed E-state index contributed by atoms with van der Waals surface area (Å²) in [4.78, 5) is 21.9. The lowest BCUT2D eigenvalue weighted by molar-refractivity contribution is -0.118. The molecule has 0 unspecified atom stereocenters. The Morgan fingerprint density at radius 3 is 2.40 bits per heavy atom. The second-order valence-electron chi connectivity index (χ2n) is 8.68. The molecule has 5 rings (SSSR count). The summed E-state index contributed by atoms with van der Waals surface area (Å²) in [5.41, 5.74) is 4.12. The second-order valence-corrected chi connectivity index (χ2v) is 9.11. The smallest absolute Gasteiger partial charge is 0.262 e. The van der Waals surface area contributed by atoms with Crippen LogP contribution >= 0.6 is 11.6 Å². The normalized spacial score (nSPS) is 14.3. The van der Waals surface area contributed by atoms with Crippen molar-refractivity contribution in [2.24, 2.45) is 7.05 Å². The number of halogens is 1. The van der Waals surface area contributed by atoms with Crippen molar-refractivity contribution in [3.05, 3.63) is 83.6 Å². The molecule has 8 heteroatoms. The molecule has 4 aromatic rings. The van der Waals surface area contributed by atoms with E-state index in [2.05, 4.69) is 57.1 Å². The van der Waals surface area contributed by atoms with Crippen LogP contribution in [0.25, 0.3) is 11.0 Å². The first kappa shape index (κ1) is 23.2. The van der Waals surface area contributed by atoms with Gasteiger partial charge in [0.2, 0.25) is 0 Å². The molecule has 0 spiro atoms. The molecule has 1 saturated heterocycles. The molecule has 1 aliphatic heterocycles. The molecule has 0 radical (unpaired) electrons. The van der Waals surface area contributed by atoms with Crippen molar-refractivity contribution in [1.82, 2.24) is 14.5 Å². The summed E-state index contributed by atoms with van der Waals surface area (Å²) in [5, 5.41) is 3.51. The second kappa shape index (κ2) is 10.4. The zero-order valence-corrected chi connectivity index (χ0v) is 20.4. The molecule has 1 fully saturated rings. The Hall–Kier alpha value is -3.55. The number of fused-ring (bicyclic) bond motifs is 1. The molecular formula is C27H28ClN5O2. The van der Waals surface area contributed by atoms with Crippen molar-refractivity contribution in [1.29, 1.82) is 0 Å². The highest BCUT2D eigenvalue weighted by molar-refractivity contribution is 6.30. The van der Waals surface area contributed by atoms with Crippen LogP contribution in [0.5, 0.6) is 5.75 Å². The Balaban J connectivity index is 1.10. The van der Waals surface area contributed by atoms with Gasteiger partial charge in [0.25, 0.3) is 5.91 Å². The number of anilines is 2. The number of aromatic nitrogens is 2. The maximum atomic E-state index is 12.2. The Kier molecular flexibility index (Phi) is 6.88. The van der Waals surface area contributed by atoms with E-state index in [0.717, 1.165) is 55.4 Å². The SMILES string of the molecule is Cn1c(CN2CCN(c3ccc(NC(=O)COc4ccc(Cl)cc4)cc3)CC2)nc2ccccc21. The molecule has 0 bridgehead atoms.